The number of anilines is 1. The zero-order valence-corrected chi connectivity index (χ0v) is 12.6. The molecule has 1 saturated heterocycles. The van der Waals surface area contributed by atoms with Crippen molar-refractivity contribution in [1.29, 1.82) is 0 Å². The van der Waals surface area contributed by atoms with Crippen molar-refractivity contribution in [1.82, 2.24) is 19.7 Å². The summed E-state index contributed by atoms with van der Waals surface area (Å²) in [5, 5.41) is 4.44. The van der Waals surface area contributed by atoms with Crippen LogP contribution in [0.3, 0.4) is 0 Å². The lowest BCUT2D eigenvalue weighted by molar-refractivity contribution is -0.119. The van der Waals surface area contributed by atoms with Crippen LogP contribution in [0.1, 0.15) is 29.9 Å². The van der Waals surface area contributed by atoms with Crippen LogP contribution in [-0.4, -0.2) is 38.6 Å². The molecule has 2 aromatic heterocycles. The minimum atomic E-state index is 0.329. The largest absolute Gasteiger partial charge is 0.356 e. The Bertz CT molecular complexity index is 681. The van der Waals surface area contributed by atoms with Gasteiger partial charge >= 0.3 is 0 Å². The van der Waals surface area contributed by atoms with Crippen LogP contribution in [0.25, 0.3) is 5.95 Å². The van der Waals surface area contributed by atoms with Gasteiger partial charge in [0, 0.05) is 43.4 Å². The summed E-state index contributed by atoms with van der Waals surface area (Å²) in [6, 6.07) is 3.97. The first kappa shape index (κ1) is 13.7. The first-order valence-electron chi connectivity index (χ1n) is 7.19. The van der Waals surface area contributed by atoms with E-state index in [-0.39, 0.29) is 0 Å². The molecule has 0 bridgehead atoms. The van der Waals surface area contributed by atoms with Gasteiger partial charge in [-0.1, -0.05) is 0 Å². The van der Waals surface area contributed by atoms with E-state index in [1.54, 1.807) is 4.68 Å². The molecule has 6 nitrogen and oxygen atoms in total. The van der Waals surface area contributed by atoms with E-state index in [1.807, 2.05) is 32.9 Å². The second kappa shape index (κ2) is 5.27. The number of hydrogen-bond donors (Lipinski definition) is 0. The Kier molecular flexibility index (Phi) is 3.45. The van der Waals surface area contributed by atoms with Gasteiger partial charge in [0.15, 0.2) is 0 Å². The Morgan fingerprint density at radius 1 is 1.00 bits per heavy atom. The fourth-order valence-electron chi connectivity index (χ4n) is 2.61. The third-order valence-electron chi connectivity index (χ3n) is 3.67. The third-order valence-corrected chi connectivity index (χ3v) is 3.67. The fourth-order valence-corrected chi connectivity index (χ4v) is 2.61. The van der Waals surface area contributed by atoms with Crippen LogP contribution < -0.4 is 4.90 Å². The van der Waals surface area contributed by atoms with E-state index in [0.29, 0.717) is 24.6 Å². The average Bonchev–Trinajstić information content (AvgIpc) is 2.78. The number of ketones is 1. The molecule has 1 aliphatic rings. The van der Waals surface area contributed by atoms with Gasteiger partial charge in [-0.15, -0.1) is 0 Å². The lowest BCUT2D eigenvalue weighted by Crippen LogP contribution is -2.34. The van der Waals surface area contributed by atoms with Crippen LogP contribution in [0.5, 0.6) is 0 Å². The summed E-state index contributed by atoms with van der Waals surface area (Å²) in [6.45, 7) is 7.36. The van der Waals surface area contributed by atoms with E-state index in [2.05, 4.69) is 20.0 Å². The maximum Gasteiger partial charge on any atom is 0.252 e. The summed E-state index contributed by atoms with van der Waals surface area (Å²) < 4.78 is 1.76. The molecule has 0 amide bonds. The number of nitrogens with zero attached hydrogens (tertiary/aromatic N) is 5. The average molecular weight is 285 g/mol. The lowest BCUT2D eigenvalue weighted by atomic mass is 10.1. The number of Topliss-reactive ketones (excluding diaryl/α,β-unsaturated/α-hetero) is 1. The van der Waals surface area contributed by atoms with Crippen molar-refractivity contribution in [3.63, 3.8) is 0 Å². The summed E-state index contributed by atoms with van der Waals surface area (Å²) in [5.74, 6) is 1.79. The molecule has 0 aromatic carbocycles. The number of aromatic nitrogens is 4. The van der Waals surface area contributed by atoms with Crippen molar-refractivity contribution in [2.75, 3.05) is 18.0 Å². The molecule has 110 valence electrons. The number of carbonyl (C=O) groups is 1. The Labute approximate surface area is 123 Å². The maximum atomic E-state index is 11.4. The molecule has 0 aliphatic carbocycles. The molecular formula is C15H19N5O. The maximum absolute atomic E-state index is 11.4. The van der Waals surface area contributed by atoms with E-state index in [0.717, 1.165) is 36.0 Å². The van der Waals surface area contributed by atoms with Crippen LogP contribution in [-0.2, 0) is 4.79 Å². The van der Waals surface area contributed by atoms with Gasteiger partial charge in [-0.2, -0.15) is 10.1 Å². The predicted octanol–water partition coefficient (Wildman–Crippen LogP) is 1.76. The second-order valence-electron chi connectivity index (χ2n) is 5.53. The fraction of sp³-hybridized carbons (Fsp3) is 0.467. The van der Waals surface area contributed by atoms with Crippen LogP contribution >= 0.6 is 0 Å². The van der Waals surface area contributed by atoms with E-state index < -0.39 is 0 Å². The van der Waals surface area contributed by atoms with Gasteiger partial charge < -0.3 is 4.90 Å². The van der Waals surface area contributed by atoms with Crippen molar-refractivity contribution >= 4 is 11.6 Å². The van der Waals surface area contributed by atoms with Crippen LogP contribution in [0.15, 0.2) is 12.1 Å². The number of hydrogen-bond acceptors (Lipinski definition) is 5. The number of piperidine rings is 1. The highest BCUT2D eigenvalue weighted by atomic mass is 16.1. The van der Waals surface area contributed by atoms with Gasteiger partial charge in [-0.3, -0.25) is 4.79 Å². The summed E-state index contributed by atoms with van der Waals surface area (Å²) in [4.78, 5) is 22.6. The molecule has 0 spiro atoms. The van der Waals surface area contributed by atoms with Crippen molar-refractivity contribution in [2.24, 2.45) is 0 Å². The third kappa shape index (κ3) is 2.79. The van der Waals surface area contributed by atoms with Crippen molar-refractivity contribution in [2.45, 2.75) is 33.6 Å². The molecule has 3 heterocycles. The van der Waals surface area contributed by atoms with E-state index >= 15 is 0 Å². The normalized spacial score (nSPS) is 15.6. The standard InChI is InChI=1S/C15H19N5O/c1-10-9-14(19-6-4-13(21)5-7-19)17-15(16-10)20-12(3)8-11(2)18-20/h8-9H,4-7H2,1-3H3. The minimum Gasteiger partial charge on any atom is -0.356 e. The van der Waals surface area contributed by atoms with Crippen LogP contribution in [0, 0.1) is 20.8 Å². The molecule has 0 N–H and O–H groups in total. The topological polar surface area (TPSA) is 63.9 Å². The first-order valence-corrected chi connectivity index (χ1v) is 7.19. The zero-order valence-electron chi connectivity index (χ0n) is 12.6. The second-order valence-corrected chi connectivity index (χ2v) is 5.53. The van der Waals surface area contributed by atoms with Gasteiger partial charge in [0.1, 0.15) is 11.6 Å². The molecular weight excluding hydrogens is 266 g/mol. The number of aryl methyl sites for hydroxylation is 3. The Morgan fingerprint density at radius 2 is 1.71 bits per heavy atom. The van der Waals surface area contributed by atoms with E-state index in [1.165, 1.54) is 0 Å². The van der Waals surface area contributed by atoms with Crippen molar-refractivity contribution in [3.05, 3.63) is 29.2 Å². The number of carbonyl (C=O) groups excluding carboxylic acids is 1. The molecule has 0 atom stereocenters. The Morgan fingerprint density at radius 3 is 2.33 bits per heavy atom. The molecule has 1 fully saturated rings. The SMILES string of the molecule is Cc1cc(N2CCC(=O)CC2)nc(-n2nc(C)cc2C)n1. The summed E-state index contributed by atoms with van der Waals surface area (Å²) in [6.07, 6.45) is 1.19. The molecule has 0 unspecified atom stereocenters. The quantitative estimate of drug-likeness (QED) is 0.841. The van der Waals surface area contributed by atoms with Crippen molar-refractivity contribution < 1.29 is 4.79 Å². The van der Waals surface area contributed by atoms with Gasteiger partial charge in [0.25, 0.3) is 5.95 Å². The Hall–Kier alpha value is -2.24. The summed E-state index contributed by atoms with van der Waals surface area (Å²) in [5.41, 5.74) is 2.86. The monoisotopic (exact) mass is 285 g/mol. The molecule has 1 aliphatic heterocycles. The van der Waals surface area contributed by atoms with Gasteiger partial charge in [-0.05, 0) is 26.8 Å². The van der Waals surface area contributed by atoms with E-state index in [9.17, 15) is 4.79 Å². The molecule has 21 heavy (non-hydrogen) atoms. The highest BCUT2D eigenvalue weighted by Gasteiger charge is 2.19. The summed E-state index contributed by atoms with van der Waals surface area (Å²) >= 11 is 0. The molecule has 6 heteroatoms. The zero-order chi connectivity index (χ0) is 15.0. The van der Waals surface area contributed by atoms with Crippen molar-refractivity contribution in [3.8, 4) is 5.95 Å². The van der Waals surface area contributed by atoms with Gasteiger partial charge in [-0.25, -0.2) is 9.67 Å². The molecule has 0 radical (unpaired) electrons. The summed E-state index contributed by atoms with van der Waals surface area (Å²) in [7, 11) is 0. The van der Waals surface area contributed by atoms with Gasteiger partial charge in [0.2, 0.25) is 0 Å². The predicted molar refractivity (Wildman–Crippen MR) is 79.8 cm³/mol. The van der Waals surface area contributed by atoms with Crippen LogP contribution in [0.2, 0.25) is 0 Å². The number of rotatable bonds is 2. The van der Waals surface area contributed by atoms with Crippen LogP contribution in [0.4, 0.5) is 5.82 Å². The first-order chi connectivity index (χ1) is 10.0. The Balaban J connectivity index is 1.96. The molecule has 2 aromatic rings. The molecule has 0 saturated carbocycles. The highest BCUT2D eigenvalue weighted by molar-refractivity contribution is 5.80. The molecule has 3 rings (SSSR count). The van der Waals surface area contributed by atoms with Gasteiger partial charge in [0.05, 0.1) is 5.69 Å². The smallest absolute Gasteiger partial charge is 0.252 e. The highest BCUT2D eigenvalue weighted by Crippen LogP contribution is 2.19. The minimum absolute atomic E-state index is 0.329. The van der Waals surface area contributed by atoms with E-state index in [4.69, 9.17) is 0 Å². The lowest BCUT2D eigenvalue weighted by Gasteiger charge is -2.27.